The van der Waals surface area contributed by atoms with Gasteiger partial charge in [-0.3, -0.25) is 0 Å². The molecule has 2 rings (SSSR count). The number of carboxylic acids is 1. The molecule has 1 heterocycles. The molecule has 0 fully saturated rings. The Hall–Kier alpha value is -1.89. The van der Waals surface area contributed by atoms with Gasteiger partial charge in [0, 0.05) is 17.7 Å². The minimum Gasteiger partial charge on any atom is -0.478 e. The van der Waals surface area contributed by atoms with Crippen molar-refractivity contribution in [2.45, 2.75) is 12.8 Å². The summed E-state index contributed by atoms with van der Waals surface area (Å²) in [6, 6.07) is 5.80. The number of carboxylic acid groups (broad SMARTS) is 1. The van der Waals surface area contributed by atoms with Gasteiger partial charge >= 0.3 is 39.0 Å². The fraction of sp³-hybridized carbons (Fsp3) is 0.167. The van der Waals surface area contributed by atoms with E-state index in [0.717, 1.165) is 5.70 Å². The minimum atomic E-state index is -10.7. The number of pyridine rings is 1. The number of carbonyl (C=O) groups is 1. The first-order valence-electron chi connectivity index (χ1n) is 5.87. The van der Waals surface area contributed by atoms with Crippen LogP contribution in [0.25, 0.3) is 5.70 Å². The molecule has 1 aromatic heterocycles. The van der Waals surface area contributed by atoms with Crippen LogP contribution in [0.1, 0.15) is 12.8 Å². The molecule has 3 nitrogen and oxygen atoms in total. The molecule has 0 bridgehead atoms. The van der Waals surface area contributed by atoms with Crippen molar-refractivity contribution in [1.82, 2.24) is 0 Å². The third-order valence-corrected chi connectivity index (χ3v) is 2.41. The number of halogens is 6. The van der Waals surface area contributed by atoms with Gasteiger partial charge < -0.3 is 5.11 Å². The number of rotatable bonds is 2. The molecule has 0 aliphatic heterocycles. The van der Waals surface area contributed by atoms with Crippen LogP contribution in [0, 0.1) is 0 Å². The first kappa shape index (κ1) is 18.2. The van der Waals surface area contributed by atoms with Gasteiger partial charge in [0.2, 0.25) is 0 Å². The van der Waals surface area contributed by atoms with Gasteiger partial charge in [-0.2, -0.15) is 4.57 Å². The topological polar surface area (TPSA) is 41.2 Å². The fourth-order valence-corrected chi connectivity index (χ4v) is 1.63. The maximum Gasteiger partial charge on any atom is 0.331 e. The fourth-order valence-electron chi connectivity index (χ4n) is 1.63. The van der Waals surface area contributed by atoms with Gasteiger partial charge in [0.25, 0.3) is 0 Å². The normalized spacial score (nSPS) is 17.9. The Morgan fingerprint density at radius 3 is 1.95 bits per heavy atom. The van der Waals surface area contributed by atoms with E-state index in [1.165, 1.54) is 0 Å². The summed E-state index contributed by atoms with van der Waals surface area (Å²) in [5.74, 6) is -0.822. The van der Waals surface area contributed by atoms with Crippen LogP contribution in [0.3, 0.4) is 0 Å². The third kappa shape index (κ3) is 9.12. The molecule has 0 aromatic carbocycles. The monoisotopic (exact) mass is 347 g/mol. The molecule has 1 aromatic rings. The molecule has 124 valence electrons. The standard InChI is InChI=1S/C12H11NO2.F6P/c14-12(15)10-5-4-6-11(9-10)13-7-2-1-3-8-13;1-7(2,3,4,5)6/h1-3,5-8H,4,9H2;/q;-1/p+1. The summed E-state index contributed by atoms with van der Waals surface area (Å²) in [5.41, 5.74) is 1.50. The SMILES string of the molecule is F[P-](F)(F)(F)(F)F.O=C(O)C1=CCC=C([n+]2ccccc2)C1. The zero-order chi connectivity index (χ0) is 17.1. The molecule has 0 radical (unpaired) electrons. The van der Waals surface area contributed by atoms with Crippen molar-refractivity contribution in [3.05, 3.63) is 48.3 Å². The molecule has 0 amide bonds. The Labute approximate surface area is 121 Å². The number of aromatic nitrogens is 1. The van der Waals surface area contributed by atoms with E-state index in [1.807, 2.05) is 41.2 Å². The Morgan fingerprint density at radius 1 is 1.00 bits per heavy atom. The second-order valence-corrected chi connectivity index (χ2v) is 6.30. The Balaban J connectivity index is 0.000000295. The summed E-state index contributed by atoms with van der Waals surface area (Å²) in [6.07, 6.45) is 8.85. The van der Waals surface area contributed by atoms with Gasteiger partial charge in [-0.25, -0.2) is 4.79 Å². The summed E-state index contributed by atoms with van der Waals surface area (Å²) in [5, 5.41) is 8.90. The number of aliphatic carboxylic acids is 1. The van der Waals surface area contributed by atoms with Crippen LogP contribution in [-0.2, 0) is 4.79 Å². The molecule has 0 spiro atoms. The van der Waals surface area contributed by atoms with Crippen LogP contribution in [0.15, 0.2) is 48.3 Å². The van der Waals surface area contributed by atoms with Gasteiger partial charge in [0.1, 0.15) is 0 Å². The van der Waals surface area contributed by atoms with E-state index in [9.17, 15) is 30.0 Å². The van der Waals surface area contributed by atoms with Crippen LogP contribution < -0.4 is 4.57 Å². The van der Waals surface area contributed by atoms with Crippen LogP contribution in [-0.4, -0.2) is 11.1 Å². The molecule has 0 unspecified atom stereocenters. The van der Waals surface area contributed by atoms with E-state index >= 15 is 0 Å². The van der Waals surface area contributed by atoms with E-state index < -0.39 is 13.8 Å². The van der Waals surface area contributed by atoms with Crippen LogP contribution in [0.5, 0.6) is 0 Å². The van der Waals surface area contributed by atoms with E-state index in [0.29, 0.717) is 18.4 Å². The molecule has 22 heavy (non-hydrogen) atoms. The third-order valence-electron chi connectivity index (χ3n) is 2.41. The van der Waals surface area contributed by atoms with Crippen molar-refractivity contribution in [1.29, 1.82) is 0 Å². The quantitative estimate of drug-likeness (QED) is 0.465. The molecule has 1 aliphatic rings. The average Bonchev–Trinajstić information content (AvgIpc) is 2.36. The number of nitrogens with zero attached hydrogens (tertiary/aromatic N) is 1. The summed E-state index contributed by atoms with van der Waals surface area (Å²) < 4.78 is 61.1. The predicted octanol–water partition coefficient (Wildman–Crippen LogP) is 5.00. The van der Waals surface area contributed by atoms with Crippen molar-refractivity contribution >= 4 is 19.5 Å². The van der Waals surface area contributed by atoms with E-state index in [1.54, 1.807) is 6.08 Å². The molecular formula is C12H12F6NO2P. The van der Waals surface area contributed by atoms with Gasteiger partial charge in [-0.05, 0) is 12.5 Å². The molecular weight excluding hydrogens is 335 g/mol. The second kappa shape index (κ2) is 5.39. The second-order valence-electron chi connectivity index (χ2n) is 4.38. The number of hydrogen-bond donors (Lipinski definition) is 1. The smallest absolute Gasteiger partial charge is 0.331 e. The van der Waals surface area contributed by atoms with Gasteiger partial charge in [0.05, 0.1) is 6.42 Å². The molecule has 0 atom stereocenters. The first-order valence-corrected chi connectivity index (χ1v) is 7.89. The van der Waals surface area contributed by atoms with Gasteiger partial charge in [0.15, 0.2) is 18.1 Å². The maximum absolute atomic E-state index is 10.8. The number of allylic oxidation sites excluding steroid dienone is 3. The van der Waals surface area contributed by atoms with E-state index in [-0.39, 0.29) is 0 Å². The van der Waals surface area contributed by atoms with Crippen molar-refractivity contribution in [3.63, 3.8) is 0 Å². The van der Waals surface area contributed by atoms with Crippen molar-refractivity contribution in [2.24, 2.45) is 0 Å². The average molecular weight is 347 g/mol. The molecule has 10 heteroatoms. The Morgan fingerprint density at radius 2 is 1.50 bits per heavy atom. The summed E-state index contributed by atoms with van der Waals surface area (Å²) >= 11 is 0. The van der Waals surface area contributed by atoms with Crippen LogP contribution in [0.2, 0.25) is 0 Å². The first-order chi connectivity index (χ1) is 9.72. The van der Waals surface area contributed by atoms with Crippen LogP contribution >= 0.6 is 7.81 Å². The van der Waals surface area contributed by atoms with Gasteiger partial charge in [-0.1, -0.05) is 12.1 Å². The minimum absolute atomic E-state index is 0.476. The Bertz CT molecular complexity index is 610. The number of hydrogen-bond acceptors (Lipinski definition) is 1. The molecule has 0 saturated heterocycles. The van der Waals surface area contributed by atoms with Crippen LogP contribution in [0.4, 0.5) is 25.2 Å². The largest absolute Gasteiger partial charge is 0.478 e. The maximum atomic E-state index is 10.8. The zero-order valence-electron chi connectivity index (χ0n) is 11.0. The summed E-state index contributed by atoms with van der Waals surface area (Å²) in [4.78, 5) is 10.8. The van der Waals surface area contributed by atoms with E-state index in [4.69, 9.17) is 5.11 Å². The Kier molecular flexibility index (Phi) is 4.45. The zero-order valence-corrected chi connectivity index (χ0v) is 11.9. The van der Waals surface area contributed by atoms with Crippen molar-refractivity contribution in [2.75, 3.05) is 0 Å². The summed E-state index contributed by atoms with van der Waals surface area (Å²) in [7, 11) is -10.7. The molecule has 1 aliphatic carbocycles. The van der Waals surface area contributed by atoms with Crippen molar-refractivity contribution < 1.29 is 39.6 Å². The molecule has 0 saturated carbocycles. The van der Waals surface area contributed by atoms with Crippen molar-refractivity contribution in [3.8, 4) is 0 Å². The summed E-state index contributed by atoms with van der Waals surface area (Å²) in [6.45, 7) is 0. The van der Waals surface area contributed by atoms with Gasteiger partial charge in [-0.15, -0.1) is 0 Å². The predicted molar refractivity (Wildman–Crippen MR) is 69.4 cm³/mol. The van der Waals surface area contributed by atoms with E-state index in [2.05, 4.69) is 0 Å². The molecule has 1 N–H and O–H groups in total.